The van der Waals surface area contributed by atoms with Gasteiger partial charge in [-0.15, -0.1) is 0 Å². The van der Waals surface area contributed by atoms with Crippen LogP contribution in [0, 0.1) is 17.8 Å². The van der Waals surface area contributed by atoms with Gasteiger partial charge in [0.25, 0.3) is 0 Å². The Bertz CT molecular complexity index is 2820. The van der Waals surface area contributed by atoms with Gasteiger partial charge in [-0.2, -0.15) is 0 Å². The molecule has 12 rings (SSSR count). The van der Waals surface area contributed by atoms with Crippen molar-refractivity contribution >= 4 is 38.8 Å². The maximum Gasteiger partial charge on any atom is 0.122 e. The molecule has 7 aromatic rings. The molecule has 0 bridgehead atoms. The van der Waals surface area contributed by atoms with Gasteiger partial charge in [0.05, 0.1) is 22.0 Å². The highest BCUT2D eigenvalue weighted by molar-refractivity contribution is 6.10. The van der Waals surface area contributed by atoms with Crippen LogP contribution in [-0.2, 0) is 21.0 Å². The third kappa shape index (κ3) is 4.22. The average molecular weight is 715 g/mol. The van der Waals surface area contributed by atoms with Crippen LogP contribution in [0.1, 0.15) is 70.3 Å². The number of ether oxygens (including phenoxy) is 1. The summed E-state index contributed by atoms with van der Waals surface area (Å²) in [5, 5.41) is 3.96. The molecule has 5 atom stereocenters. The normalized spacial score (nSPS) is 24.5. The summed E-state index contributed by atoms with van der Waals surface area (Å²) >= 11 is 0. The zero-order chi connectivity index (χ0) is 37.2. The Balaban J connectivity index is 0.940. The first-order valence-electron chi connectivity index (χ1n) is 20.2. The second kappa shape index (κ2) is 10.4. The van der Waals surface area contributed by atoms with Crippen LogP contribution in [0.3, 0.4) is 0 Å². The van der Waals surface area contributed by atoms with Crippen molar-refractivity contribution in [2.24, 2.45) is 17.8 Å². The molecule has 2 aromatic heterocycles. The minimum atomic E-state index is -0.0908. The molecule has 0 amide bonds. The van der Waals surface area contributed by atoms with Gasteiger partial charge in [0, 0.05) is 56.2 Å². The molecule has 2 saturated carbocycles. The van der Waals surface area contributed by atoms with Crippen molar-refractivity contribution in [2.45, 2.75) is 70.3 Å². The van der Waals surface area contributed by atoms with Gasteiger partial charge in [0.1, 0.15) is 11.9 Å². The summed E-state index contributed by atoms with van der Waals surface area (Å²) in [6.45, 7) is 13.8. The minimum absolute atomic E-state index is 0.0771. The molecule has 4 aliphatic carbocycles. The Labute approximate surface area is 323 Å². The van der Waals surface area contributed by atoms with Gasteiger partial charge in [-0.3, -0.25) is 0 Å². The summed E-state index contributed by atoms with van der Waals surface area (Å²) in [5.41, 5.74) is 15.6. The summed E-state index contributed by atoms with van der Waals surface area (Å²) in [6.07, 6.45) is 11.1. The standard InChI is InChI=1S/C52H46N2O/c1-50(2,3)33-16-25-45-40(28-33)41-29-34(51(4,5)6)17-26-46(41)53(45)35-18-11-30(12-19-35)31-13-20-36(21-14-31)54-44-10-8-7-9-37(44)38-22-24-43-49-52(43,48(38)54)42-23-15-32-27-39(32)47(42)55-49/h7-26,28-29,32,39,43,49H,27H2,1-6H3/t32?,39?,43-,49?,52?/m1/s1. The minimum Gasteiger partial charge on any atom is -0.492 e. The van der Waals surface area contributed by atoms with Crippen LogP contribution in [0.2, 0.25) is 0 Å². The van der Waals surface area contributed by atoms with Crippen LogP contribution in [-0.4, -0.2) is 15.2 Å². The Morgan fingerprint density at radius 2 is 1.18 bits per heavy atom. The number of aromatic nitrogens is 2. The first-order valence-corrected chi connectivity index (χ1v) is 20.2. The van der Waals surface area contributed by atoms with E-state index in [1.807, 2.05) is 0 Å². The fourth-order valence-electron chi connectivity index (χ4n) is 10.6. The van der Waals surface area contributed by atoms with Gasteiger partial charge in [-0.1, -0.05) is 120 Å². The number of benzene rings is 5. The number of hydrogen-bond donors (Lipinski definition) is 0. The van der Waals surface area contributed by atoms with Crippen LogP contribution in [0.25, 0.3) is 61.3 Å². The molecular formula is C52H46N2O. The summed E-state index contributed by atoms with van der Waals surface area (Å²) in [4.78, 5) is 0. The van der Waals surface area contributed by atoms with Crippen molar-refractivity contribution < 1.29 is 4.74 Å². The summed E-state index contributed by atoms with van der Waals surface area (Å²) < 4.78 is 11.8. The lowest BCUT2D eigenvalue weighted by atomic mass is 9.81. The van der Waals surface area contributed by atoms with Crippen LogP contribution in [0.4, 0.5) is 0 Å². The summed E-state index contributed by atoms with van der Waals surface area (Å²) in [6, 6.07) is 41.5. The zero-order valence-corrected chi connectivity index (χ0v) is 32.5. The first-order chi connectivity index (χ1) is 26.5. The van der Waals surface area contributed by atoms with Gasteiger partial charge in [0.15, 0.2) is 0 Å². The van der Waals surface area contributed by atoms with E-state index in [0.29, 0.717) is 17.8 Å². The van der Waals surface area contributed by atoms with Crippen LogP contribution in [0.5, 0.6) is 0 Å². The Morgan fingerprint density at radius 3 is 1.80 bits per heavy atom. The van der Waals surface area contributed by atoms with E-state index in [-0.39, 0.29) is 22.3 Å². The molecule has 3 heterocycles. The summed E-state index contributed by atoms with van der Waals surface area (Å²) in [5.74, 6) is 2.96. The van der Waals surface area contributed by atoms with E-state index >= 15 is 0 Å². The monoisotopic (exact) mass is 714 g/mol. The molecule has 270 valence electrons. The van der Waals surface area contributed by atoms with E-state index in [1.54, 1.807) is 0 Å². The van der Waals surface area contributed by atoms with E-state index in [0.717, 1.165) is 0 Å². The number of fused-ring (bicyclic) bond motifs is 9. The van der Waals surface area contributed by atoms with Crippen molar-refractivity contribution in [2.75, 3.05) is 0 Å². The fraction of sp³-hybridized carbons (Fsp3) is 0.269. The Morgan fingerprint density at radius 1 is 0.600 bits per heavy atom. The predicted molar refractivity (Wildman–Crippen MR) is 227 cm³/mol. The maximum atomic E-state index is 6.83. The lowest BCUT2D eigenvalue weighted by molar-refractivity contribution is 0.181. The number of hydrogen-bond acceptors (Lipinski definition) is 1. The topological polar surface area (TPSA) is 19.1 Å². The maximum absolute atomic E-state index is 6.83. The molecule has 5 aromatic carbocycles. The molecular weight excluding hydrogens is 669 g/mol. The van der Waals surface area contributed by atoms with Crippen molar-refractivity contribution in [1.82, 2.24) is 9.13 Å². The Hall–Kier alpha value is -5.54. The first kappa shape index (κ1) is 31.8. The van der Waals surface area contributed by atoms with E-state index < -0.39 is 0 Å². The van der Waals surface area contributed by atoms with Gasteiger partial charge < -0.3 is 13.9 Å². The zero-order valence-electron chi connectivity index (χ0n) is 32.5. The highest BCUT2D eigenvalue weighted by Gasteiger charge is 2.76. The van der Waals surface area contributed by atoms with Gasteiger partial charge in [-0.25, -0.2) is 0 Å². The number of allylic oxidation sites excluding steroid dienone is 3. The van der Waals surface area contributed by atoms with Crippen molar-refractivity contribution in [1.29, 1.82) is 0 Å². The van der Waals surface area contributed by atoms with Gasteiger partial charge >= 0.3 is 0 Å². The molecule has 3 heteroatoms. The molecule has 1 spiro atoms. The smallest absolute Gasteiger partial charge is 0.122 e. The van der Waals surface area contributed by atoms with E-state index in [9.17, 15) is 0 Å². The SMILES string of the molecule is CC(C)(C)c1ccc2c(c1)c1cc(C(C)(C)C)ccc1n2-c1ccc(-c2ccc(-n3c4c(c5ccccc53)C=C[C@@H]3C5OC6=C(C=CC7CC67)C453)cc2)cc1. The lowest BCUT2D eigenvalue weighted by Crippen LogP contribution is -2.21. The second-order valence-electron chi connectivity index (χ2n) is 18.9. The molecule has 0 radical (unpaired) electrons. The largest absolute Gasteiger partial charge is 0.492 e. The predicted octanol–water partition coefficient (Wildman–Crippen LogP) is 12.7. The number of para-hydroxylation sites is 1. The highest BCUT2D eigenvalue weighted by atomic mass is 16.5. The van der Waals surface area contributed by atoms with Crippen molar-refractivity contribution in [3.8, 4) is 22.5 Å². The molecule has 0 N–H and O–H groups in total. The fourth-order valence-corrected chi connectivity index (χ4v) is 10.6. The van der Waals surface area contributed by atoms with E-state index in [2.05, 4.69) is 184 Å². The number of rotatable bonds is 3. The molecule has 2 fully saturated rings. The van der Waals surface area contributed by atoms with Crippen molar-refractivity contribution in [3.63, 3.8) is 0 Å². The third-order valence-corrected chi connectivity index (χ3v) is 13.7. The molecule has 4 unspecified atom stereocenters. The molecule has 1 aliphatic heterocycles. The molecule has 55 heavy (non-hydrogen) atoms. The van der Waals surface area contributed by atoms with Crippen LogP contribution < -0.4 is 0 Å². The lowest BCUT2D eigenvalue weighted by Gasteiger charge is -2.24. The summed E-state index contributed by atoms with van der Waals surface area (Å²) in [7, 11) is 0. The van der Waals surface area contributed by atoms with Crippen LogP contribution >= 0.6 is 0 Å². The molecule has 5 aliphatic rings. The molecule has 0 saturated heterocycles. The van der Waals surface area contributed by atoms with E-state index in [4.69, 9.17) is 4.74 Å². The average Bonchev–Trinajstić information content (AvgIpc) is 3.99. The van der Waals surface area contributed by atoms with Crippen molar-refractivity contribution in [3.05, 3.63) is 161 Å². The highest BCUT2D eigenvalue weighted by Crippen LogP contribution is 2.73. The van der Waals surface area contributed by atoms with Gasteiger partial charge in [-0.05, 0) is 100 Å². The third-order valence-electron chi connectivity index (χ3n) is 13.7. The van der Waals surface area contributed by atoms with Crippen LogP contribution in [0.15, 0.2) is 139 Å². The quantitative estimate of drug-likeness (QED) is 0.178. The number of nitrogens with zero attached hydrogens (tertiary/aromatic N) is 2. The van der Waals surface area contributed by atoms with Gasteiger partial charge in [0.2, 0.25) is 0 Å². The van der Waals surface area contributed by atoms with E-state index in [1.165, 1.54) is 95.3 Å². The second-order valence-corrected chi connectivity index (χ2v) is 18.9. The Kier molecular flexibility index (Phi) is 6.01. The molecule has 3 nitrogen and oxygen atoms in total.